The lowest BCUT2D eigenvalue weighted by Gasteiger charge is -2.33. The van der Waals surface area contributed by atoms with E-state index in [1.54, 1.807) is 6.07 Å². The summed E-state index contributed by atoms with van der Waals surface area (Å²) in [5, 5.41) is 19.8. The van der Waals surface area contributed by atoms with E-state index in [1.807, 2.05) is 18.5 Å². The summed E-state index contributed by atoms with van der Waals surface area (Å²) in [6.45, 7) is 1.62. The molecule has 2 fully saturated rings. The van der Waals surface area contributed by atoms with Gasteiger partial charge in [0.15, 0.2) is 0 Å². The van der Waals surface area contributed by atoms with E-state index in [-0.39, 0.29) is 10.6 Å². The van der Waals surface area contributed by atoms with Crippen LogP contribution in [0.15, 0.2) is 24.5 Å². The molecule has 0 atom stereocenters. The third-order valence-electron chi connectivity index (χ3n) is 4.88. The number of piperidine rings is 1. The van der Waals surface area contributed by atoms with E-state index in [1.165, 1.54) is 12.8 Å². The van der Waals surface area contributed by atoms with Crippen molar-refractivity contribution >= 4 is 34.0 Å². The number of aromatic nitrogens is 3. The van der Waals surface area contributed by atoms with Crippen molar-refractivity contribution in [2.45, 2.75) is 37.6 Å². The molecule has 7 nitrogen and oxygen atoms in total. The van der Waals surface area contributed by atoms with Gasteiger partial charge in [0.1, 0.15) is 17.8 Å². The van der Waals surface area contributed by atoms with Crippen LogP contribution >= 0.6 is 22.6 Å². The van der Waals surface area contributed by atoms with Crippen molar-refractivity contribution in [3.05, 3.63) is 44.0 Å². The molecule has 126 valence electrons. The fourth-order valence-corrected chi connectivity index (χ4v) is 3.94. The number of anilines is 1. The van der Waals surface area contributed by atoms with Gasteiger partial charge in [-0.2, -0.15) is 0 Å². The van der Waals surface area contributed by atoms with E-state index < -0.39 is 0 Å². The highest BCUT2D eigenvalue weighted by molar-refractivity contribution is 14.1. The van der Waals surface area contributed by atoms with Crippen LogP contribution < -0.4 is 4.90 Å². The van der Waals surface area contributed by atoms with E-state index >= 15 is 0 Å². The van der Waals surface area contributed by atoms with Crippen LogP contribution in [0.25, 0.3) is 0 Å². The van der Waals surface area contributed by atoms with Gasteiger partial charge in [-0.15, -0.1) is 10.2 Å². The highest BCUT2D eigenvalue weighted by Gasteiger charge is 2.32. The lowest BCUT2D eigenvalue weighted by Crippen LogP contribution is -2.34. The Morgan fingerprint density at radius 1 is 1.21 bits per heavy atom. The molecule has 1 saturated carbocycles. The van der Waals surface area contributed by atoms with Crippen molar-refractivity contribution in [3.63, 3.8) is 0 Å². The second-order valence-corrected chi connectivity index (χ2v) is 7.72. The van der Waals surface area contributed by atoms with Gasteiger partial charge in [0.2, 0.25) is 0 Å². The summed E-state index contributed by atoms with van der Waals surface area (Å²) in [5.41, 5.74) is 0.920. The zero-order chi connectivity index (χ0) is 16.7. The van der Waals surface area contributed by atoms with Gasteiger partial charge in [0.05, 0.1) is 4.92 Å². The molecule has 4 rings (SSSR count). The molecule has 1 aliphatic carbocycles. The molecule has 1 aromatic carbocycles. The molecular weight excluding hydrogens is 421 g/mol. The number of nitro groups is 1. The molecule has 0 radical (unpaired) electrons. The van der Waals surface area contributed by atoms with Crippen LogP contribution in [0.4, 0.5) is 11.4 Å². The Bertz CT molecular complexity index is 766. The lowest BCUT2D eigenvalue weighted by atomic mass is 9.95. The molecule has 1 aromatic heterocycles. The van der Waals surface area contributed by atoms with Crippen LogP contribution in [0.2, 0.25) is 0 Å². The Hall–Kier alpha value is -1.71. The van der Waals surface area contributed by atoms with E-state index in [0.29, 0.717) is 12.0 Å². The SMILES string of the molecule is O=[N+]([O-])c1cc(I)ccc1N1CCC(c2nncn2C2CC2)CC1. The van der Waals surface area contributed by atoms with Gasteiger partial charge in [-0.1, -0.05) is 0 Å². The number of nitro benzene ring substituents is 1. The number of benzene rings is 1. The Morgan fingerprint density at radius 2 is 1.96 bits per heavy atom. The van der Waals surface area contributed by atoms with Crippen LogP contribution in [-0.2, 0) is 0 Å². The number of nitrogens with zero attached hydrogens (tertiary/aromatic N) is 5. The molecule has 1 saturated heterocycles. The molecule has 1 aliphatic heterocycles. The van der Waals surface area contributed by atoms with Crippen LogP contribution in [0, 0.1) is 13.7 Å². The van der Waals surface area contributed by atoms with Crippen molar-refractivity contribution in [3.8, 4) is 0 Å². The van der Waals surface area contributed by atoms with E-state index in [9.17, 15) is 10.1 Å². The van der Waals surface area contributed by atoms with Gasteiger partial charge in [-0.25, -0.2) is 0 Å². The van der Waals surface area contributed by atoms with Crippen LogP contribution in [0.5, 0.6) is 0 Å². The van der Waals surface area contributed by atoms with Gasteiger partial charge < -0.3 is 9.47 Å². The number of rotatable bonds is 4. The molecule has 0 spiro atoms. The average molecular weight is 439 g/mol. The number of hydrogen-bond donors (Lipinski definition) is 0. The first-order chi connectivity index (χ1) is 11.6. The first kappa shape index (κ1) is 15.8. The molecule has 0 unspecified atom stereocenters. The summed E-state index contributed by atoms with van der Waals surface area (Å²) >= 11 is 2.11. The summed E-state index contributed by atoms with van der Waals surface area (Å²) in [7, 11) is 0. The summed E-state index contributed by atoms with van der Waals surface area (Å²) in [6.07, 6.45) is 6.20. The van der Waals surface area contributed by atoms with E-state index in [0.717, 1.165) is 41.0 Å². The van der Waals surface area contributed by atoms with Crippen molar-refractivity contribution in [2.24, 2.45) is 0 Å². The minimum absolute atomic E-state index is 0.196. The monoisotopic (exact) mass is 439 g/mol. The third-order valence-corrected chi connectivity index (χ3v) is 5.55. The molecule has 8 heteroatoms. The average Bonchev–Trinajstić information content (AvgIpc) is 3.32. The quantitative estimate of drug-likeness (QED) is 0.414. The van der Waals surface area contributed by atoms with Crippen molar-refractivity contribution in [1.82, 2.24) is 14.8 Å². The second kappa shape index (κ2) is 6.30. The molecule has 2 heterocycles. The van der Waals surface area contributed by atoms with E-state index in [4.69, 9.17) is 0 Å². The standard InChI is InChI=1S/C16H18IN5O2/c17-12-1-4-14(15(9-12)22(23)24)20-7-5-11(6-8-20)16-19-18-10-21(16)13-2-3-13/h1,4,9-11,13H,2-3,5-8H2. The summed E-state index contributed by atoms with van der Waals surface area (Å²) in [6, 6.07) is 6.03. The number of hydrogen-bond acceptors (Lipinski definition) is 5. The van der Waals surface area contributed by atoms with Crippen LogP contribution in [-0.4, -0.2) is 32.8 Å². The third kappa shape index (κ3) is 2.99. The van der Waals surface area contributed by atoms with Gasteiger partial charge >= 0.3 is 0 Å². The first-order valence-corrected chi connectivity index (χ1v) is 9.29. The molecule has 0 N–H and O–H groups in total. The summed E-state index contributed by atoms with van der Waals surface area (Å²) < 4.78 is 3.11. The highest BCUT2D eigenvalue weighted by atomic mass is 127. The van der Waals surface area contributed by atoms with Crippen LogP contribution in [0.1, 0.15) is 43.5 Å². The Labute approximate surface area is 153 Å². The first-order valence-electron chi connectivity index (χ1n) is 8.22. The van der Waals surface area contributed by atoms with Gasteiger partial charge in [-0.3, -0.25) is 10.1 Å². The molecule has 2 aliphatic rings. The smallest absolute Gasteiger partial charge is 0.293 e. The summed E-state index contributed by atoms with van der Waals surface area (Å²) in [4.78, 5) is 13.2. The van der Waals surface area contributed by atoms with Crippen LogP contribution in [0.3, 0.4) is 0 Å². The largest absolute Gasteiger partial charge is 0.366 e. The highest BCUT2D eigenvalue weighted by Crippen LogP contribution is 2.39. The van der Waals surface area contributed by atoms with E-state index in [2.05, 4.69) is 42.3 Å². The van der Waals surface area contributed by atoms with Crippen molar-refractivity contribution in [1.29, 1.82) is 0 Å². The van der Waals surface area contributed by atoms with Gasteiger partial charge in [-0.05, 0) is 60.4 Å². The Morgan fingerprint density at radius 3 is 2.62 bits per heavy atom. The molecule has 0 amide bonds. The zero-order valence-corrected chi connectivity index (χ0v) is 15.3. The fourth-order valence-electron chi connectivity index (χ4n) is 3.47. The minimum Gasteiger partial charge on any atom is -0.366 e. The molecule has 2 aromatic rings. The summed E-state index contributed by atoms with van der Waals surface area (Å²) in [5.74, 6) is 1.49. The maximum atomic E-state index is 11.3. The molecular formula is C16H18IN5O2. The van der Waals surface area contributed by atoms with Gasteiger partial charge in [0.25, 0.3) is 5.69 Å². The number of halogens is 1. The zero-order valence-electron chi connectivity index (χ0n) is 13.1. The fraction of sp³-hybridized carbons (Fsp3) is 0.500. The molecule has 0 bridgehead atoms. The lowest BCUT2D eigenvalue weighted by molar-refractivity contribution is -0.384. The second-order valence-electron chi connectivity index (χ2n) is 6.48. The Kier molecular flexibility index (Phi) is 4.15. The predicted octanol–water partition coefficient (Wildman–Crippen LogP) is 3.51. The molecule has 24 heavy (non-hydrogen) atoms. The van der Waals surface area contributed by atoms with Crippen molar-refractivity contribution < 1.29 is 4.92 Å². The topological polar surface area (TPSA) is 77.1 Å². The maximum Gasteiger partial charge on any atom is 0.293 e. The predicted molar refractivity (Wildman–Crippen MR) is 98.3 cm³/mol. The normalized spacial score (nSPS) is 18.8. The minimum atomic E-state index is -0.284. The van der Waals surface area contributed by atoms with Gasteiger partial charge in [0, 0.05) is 34.7 Å². The Balaban J connectivity index is 1.50. The van der Waals surface area contributed by atoms with Crippen molar-refractivity contribution in [2.75, 3.05) is 18.0 Å². The maximum absolute atomic E-state index is 11.3.